The molecule has 12 heteroatoms. The molecular formula is C18H24ClN5O3S3. The van der Waals surface area contributed by atoms with Gasteiger partial charge in [-0.25, -0.2) is 8.42 Å². The number of nitrogens with zero attached hydrogens (tertiary/aromatic N) is 4. The van der Waals surface area contributed by atoms with E-state index in [1.807, 2.05) is 6.92 Å². The maximum atomic E-state index is 12.7. The van der Waals surface area contributed by atoms with Crippen LogP contribution in [0.15, 0.2) is 33.5 Å². The van der Waals surface area contributed by atoms with Crippen LogP contribution in [0.5, 0.6) is 0 Å². The first-order chi connectivity index (χ1) is 14.4. The monoisotopic (exact) mass is 489 g/mol. The first kappa shape index (κ1) is 23.3. The minimum absolute atomic E-state index is 0.0599. The number of hydrogen-bond donors (Lipinski definition) is 1. The summed E-state index contributed by atoms with van der Waals surface area (Å²) in [7, 11) is -3.57. The highest BCUT2D eigenvalue weighted by Crippen LogP contribution is 2.26. The van der Waals surface area contributed by atoms with E-state index in [0.717, 1.165) is 28.2 Å². The van der Waals surface area contributed by atoms with Crippen molar-refractivity contribution in [2.75, 3.05) is 43.8 Å². The van der Waals surface area contributed by atoms with Crippen molar-refractivity contribution < 1.29 is 13.2 Å². The number of sulfonamides is 1. The van der Waals surface area contributed by atoms with Crippen molar-refractivity contribution in [1.82, 2.24) is 19.4 Å². The molecule has 1 aliphatic heterocycles. The quantitative estimate of drug-likeness (QED) is 0.427. The smallest absolute Gasteiger partial charge is 0.243 e. The molecule has 0 saturated carbocycles. The molecule has 0 unspecified atom stereocenters. The lowest BCUT2D eigenvalue weighted by Crippen LogP contribution is -2.50. The van der Waals surface area contributed by atoms with Crippen LogP contribution in [0.3, 0.4) is 0 Å². The Morgan fingerprint density at radius 3 is 2.57 bits per heavy atom. The molecule has 1 N–H and O–H groups in total. The van der Waals surface area contributed by atoms with Gasteiger partial charge in [0, 0.05) is 49.9 Å². The minimum Gasteiger partial charge on any atom is -0.360 e. The lowest BCUT2D eigenvalue weighted by Gasteiger charge is -2.34. The number of carbonyl (C=O) groups is 1. The van der Waals surface area contributed by atoms with Crippen LogP contribution in [0, 0.1) is 0 Å². The van der Waals surface area contributed by atoms with Gasteiger partial charge < -0.3 is 10.2 Å². The second-order valence-corrected chi connectivity index (χ2v) is 11.3. The number of thioether (sulfide) groups is 1. The third-order valence-electron chi connectivity index (χ3n) is 4.54. The number of halogens is 1. The van der Waals surface area contributed by atoms with Crippen LogP contribution in [-0.4, -0.2) is 72.2 Å². The largest absolute Gasteiger partial charge is 0.360 e. The number of aromatic nitrogens is 2. The molecule has 1 fully saturated rings. The van der Waals surface area contributed by atoms with Gasteiger partial charge in [0.05, 0.1) is 4.90 Å². The first-order valence-corrected chi connectivity index (χ1v) is 13.3. The molecule has 164 valence electrons. The van der Waals surface area contributed by atoms with Crippen LogP contribution in [0.2, 0.25) is 5.02 Å². The van der Waals surface area contributed by atoms with Gasteiger partial charge >= 0.3 is 0 Å². The van der Waals surface area contributed by atoms with Gasteiger partial charge in [0.25, 0.3) is 0 Å². The molecule has 1 aromatic heterocycles. The van der Waals surface area contributed by atoms with Crippen molar-refractivity contribution in [2.24, 2.45) is 0 Å². The van der Waals surface area contributed by atoms with E-state index in [-0.39, 0.29) is 10.8 Å². The average Bonchev–Trinajstić information content (AvgIpc) is 3.19. The van der Waals surface area contributed by atoms with Crippen molar-refractivity contribution in [3.05, 3.63) is 29.3 Å². The summed E-state index contributed by atoms with van der Waals surface area (Å²) < 4.78 is 27.8. The van der Waals surface area contributed by atoms with Crippen molar-refractivity contribution >= 4 is 55.8 Å². The molecule has 0 aliphatic carbocycles. The number of nitrogens with one attached hydrogen (secondary N) is 1. The average molecular weight is 490 g/mol. The van der Waals surface area contributed by atoms with E-state index < -0.39 is 10.0 Å². The van der Waals surface area contributed by atoms with E-state index >= 15 is 0 Å². The van der Waals surface area contributed by atoms with Gasteiger partial charge in [-0.2, -0.15) is 4.31 Å². The van der Waals surface area contributed by atoms with Crippen molar-refractivity contribution in [2.45, 2.75) is 29.0 Å². The van der Waals surface area contributed by atoms with Gasteiger partial charge in [-0.15, -0.1) is 10.2 Å². The lowest BCUT2D eigenvalue weighted by molar-refractivity contribution is -0.132. The Hall–Kier alpha value is -1.40. The van der Waals surface area contributed by atoms with Gasteiger partial charge in [0.1, 0.15) is 0 Å². The van der Waals surface area contributed by atoms with Crippen LogP contribution in [0.4, 0.5) is 5.13 Å². The molecule has 8 nitrogen and oxygen atoms in total. The zero-order valence-corrected chi connectivity index (χ0v) is 19.8. The number of anilines is 1. The van der Waals surface area contributed by atoms with E-state index in [1.54, 1.807) is 28.8 Å². The molecule has 0 atom stereocenters. The van der Waals surface area contributed by atoms with E-state index in [1.165, 1.54) is 27.8 Å². The number of carbonyl (C=O) groups excluding carboxylic acids is 1. The fourth-order valence-corrected chi connectivity index (χ4v) is 6.34. The maximum absolute atomic E-state index is 12.7. The molecule has 1 saturated heterocycles. The van der Waals surface area contributed by atoms with Crippen LogP contribution in [0.25, 0.3) is 0 Å². The Balaban J connectivity index is 1.41. The maximum Gasteiger partial charge on any atom is 0.243 e. The van der Waals surface area contributed by atoms with E-state index in [2.05, 4.69) is 15.5 Å². The zero-order chi connectivity index (χ0) is 21.6. The van der Waals surface area contributed by atoms with E-state index in [9.17, 15) is 13.2 Å². The van der Waals surface area contributed by atoms with Gasteiger partial charge in [0.15, 0.2) is 4.34 Å². The summed E-state index contributed by atoms with van der Waals surface area (Å²) in [6.45, 7) is 4.21. The number of piperazine rings is 1. The zero-order valence-electron chi connectivity index (χ0n) is 16.6. The molecule has 1 aliphatic rings. The van der Waals surface area contributed by atoms with Gasteiger partial charge in [-0.3, -0.25) is 4.79 Å². The number of amides is 1. The molecule has 1 amide bonds. The Morgan fingerprint density at radius 1 is 1.20 bits per heavy atom. The number of hydrogen-bond acceptors (Lipinski definition) is 8. The highest BCUT2D eigenvalue weighted by Gasteiger charge is 2.29. The number of rotatable bonds is 9. The summed E-state index contributed by atoms with van der Waals surface area (Å²) in [6.07, 6.45) is 1.18. The molecule has 0 bridgehead atoms. The summed E-state index contributed by atoms with van der Waals surface area (Å²) in [5.74, 6) is 0.849. The Labute approximate surface area is 190 Å². The molecule has 0 spiro atoms. The molecule has 2 heterocycles. The van der Waals surface area contributed by atoms with E-state index in [0.29, 0.717) is 37.6 Å². The molecule has 3 rings (SSSR count). The van der Waals surface area contributed by atoms with E-state index in [4.69, 9.17) is 11.6 Å². The highest BCUT2D eigenvalue weighted by molar-refractivity contribution is 8.01. The summed E-state index contributed by atoms with van der Waals surface area (Å²) in [5, 5.41) is 12.6. The Morgan fingerprint density at radius 2 is 1.90 bits per heavy atom. The number of benzene rings is 1. The molecular weight excluding hydrogens is 466 g/mol. The SMILES string of the molecule is CCNc1nnc(SCCCC(=O)N2CCN(S(=O)(=O)c3ccc(Cl)cc3)CC2)s1. The lowest BCUT2D eigenvalue weighted by atomic mass is 10.2. The highest BCUT2D eigenvalue weighted by atomic mass is 35.5. The van der Waals surface area contributed by atoms with Crippen LogP contribution in [-0.2, 0) is 14.8 Å². The Bertz CT molecular complexity index is 944. The molecule has 1 aromatic carbocycles. The van der Waals surface area contributed by atoms with Crippen molar-refractivity contribution in [3.8, 4) is 0 Å². The van der Waals surface area contributed by atoms with Crippen LogP contribution >= 0.6 is 34.7 Å². The second-order valence-electron chi connectivity index (χ2n) is 6.59. The van der Waals surface area contributed by atoms with Crippen molar-refractivity contribution in [1.29, 1.82) is 0 Å². The third-order valence-corrected chi connectivity index (χ3v) is 8.80. The topological polar surface area (TPSA) is 95.5 Å². The summed E-state index contributed by atoms with van der Waals surface area (Å²) in [4.78, 5) is 14.4. The predicted molar refractivity (Wildman–Crippen MR) is 121 cm³/mol. The fourth-order valence-electron chi connectivity index (χ4n) is 2.97. The standard InChI is InChI=1S/C18H24ClN5O3S3/c1-2-20-17-21-22-18(29-17)28-13-3-4-16(25)23-9-11-24(12-10-23)30(26,27)15-7-5-14(19)6-8-15/h5-8H,2-4,9-13H2,1H3,(H,20,21). The van der Waals surface area contributed by atoms with Crippen LogP contribution in [0.1, 0.15) is 19.8 Å². The van der Waals surface area contributed by atoms with Crippen molar-refractivity contribution in [3.63, 3.8) is 0 Å². The second kappa shape index (κ2) is 10.8. The summed E-state index contributed by atoms with van der Waals surface area (Å²) >= 11 is 8.94. The Kier molecular flexibility index (Phi) is 8.35. The van der Waals surface area contributed by atoms with Gasteiger partial charge in [0.2, 0.25) is 21.1 Å². The minimum atomic E-state index is -3.57. The summed E-state index contributed by atoms with van der Waals surface area (Å²) in [6, 6.07) is 6.14. The normalized spacial score (nSPS) is 15.3. The molecule has 2 aromatic rings. The predicted octanol–water partition coefficient (Wildman–Crippen LogP) is 3.03. The first-order valence-electron chi connectivity index (χ1n) is 9.64. The summed E-state index contributed by atoms with van der Waals surface area (Å²) in [5.41, 5.74) is 0. The van der Waals surface area contributed by atoms with Crippen LogP contribution < -0.4 is 5.32 Å². The third kappa shape index (κ3) is 6.07. The fraction of sp³-hybridized carbons (Fsp3) is 0.500. The molecule has 30 heavy (non-hydrogen) atoms. The molecule has 0 radical (unpaired) electrons. The van der Waals surface area contributed by atoms with Gasteiger partial charge in [-0.1, -0.05) is 34.7 Å². The van der Waals surface area contributed by atoms with Gasteiger partial charge in [-0.05, 0) is 37.6 Å².